The van der Waals surface area contributed by atoms with E-state index >= 15 is 0 Å². The van der Waals surface area contributed by atoms with Crippen LogP contribution in [0.25, 0.3) is 0 Å². The molecule has 0 saturated carbocycles. The number of nitrogens with zero attached hydrogens (tertiary/aromatic N) is 2. The van der Waals surface area contributed by atoms with Crippen LogP contribution in [0.3, 0.4) is 0 Å². The van der Waals surface area contributed by atoms with Gasteiger partial charge in [0.1, 0.15) is 16.0 Å². The number of carbonyl (C=O) groups excluding carboxylic acids is 1. The molecule has 1 amide bonds. The van der Waals surface area contributed by atoms with E-state index in [2.05, 4.69) is 10.5 Å². The van der Waals surface area contributed by atoms with Gasteiger partial charge < -0.3 is 9.84 Å². The van der Waals surface area contributed by atoms with E-state index in [1.54, 1.807) is 30.5 Å². The van der Waals surface area contributed by atoms with Gasteiger partial charge in [-0.25, -0.2) is 8.42 Å². The van der Waals surface area contributed by atoms with Crippen molar-refractivity contribution in [2.75, 3.05) is 11.9 Å². The second-order valence-corrected chi connectivity index (χ2v) is 8.08. The maximum absolute atomic E-state index is 12.6. The van der Waals surface area contributed by atoms with Crippen molar-refractivity contribution in [2.45, 2.75) is 30.0 Å². The molecule has 3 heterocycles. The van der Waals surface area contributed by atoms with E-state index in [9.17, 15) is 13.2 Å². The fourth-order valence-electron chi connectivity index (χ4n) is 2.45. The van der Waals surface area contributed by atoms with Crippen molar-refractivity contribution in [1.29, 1.82) is 0 Å². The summed E-state index contributed by atoms with van der Waals surface area (Å²) in [5.41, 5.74) is 0. The second-order valence-electron chi connectivity index (χ2n) is 5.02. The van der Waals surface area contributed by atoms with Crippen molar-refractivity contribution in [3.05, 3.63) is 29.3 Å². The van der Waals surface area contributed by atoms with Gasteiger partial charge in [-0.2, -0.15) is 4.31 Å². The van der Waals surface area contributed by atoms with E-state index < -0.39 is 16.1 Å². The first-order valence-electron chi connectivity index (χ1n) is 6.78. The second kappa shape index (κ2) is 5.82. The Balaban J connectivity index is 1.80. The van der Waals surface area contributed by atoms with Gasteiger partial charge in [0.2, 0.25) is 5.91 Å². The Morgan fingerprint density at radius 3 is 3.00 bits per heavy atom. The molecule has 0 spiro atoms. The van der Waals surface area contributed by atoms with Gasteiger partial charge in [0.15, 0.2) is 5.82 Å². The number of nitrogens with one attached hydrogen (secondary N) is 1. The van der Waals surface area contributed by atoms with Crippen LogP contribution in [0, 0.1) is 6.92 Å². The number of rotatable bonds is 4. The number of anilines is 1. The minimum atomic E-state index is -3.63. The molecule has 1 aliphatic heterocycles. The molecular weight excluding hydrogens is 326 g/mol. The van der Waals surface area contributed by atoms with E-state index in [-0.39, 0.29) is 10.1 Å². The first kappa shape index (κ1) is 15.2. The van der Waals surface area contributed by atoms with E-state index in [0.717, 1.165) is 11.3 Å². The van der Waals surface area contributed by atoms with Crippen molar-refractivity contribution in [3.8, 4) is 0 Å². The molecule has 1 saturated heterocycles. The van der Waals surface area contributed by atoms with Crippen LogP contribution in [0.5, 0.6) is 0 Å². The number of carbonyl (C=O) groups is 1. The first-order chi connectivity index (χ1) is 10.5. The summed E-state index contributed by atoms with van der Waals surface area (Å²) in [6, 6.07) is 4.10. The third kappa shape index (κ3) is 2.79. The fourth-order valence-corrected chi connectivity index (χ4v) is 5.23. The summed E-state index contributed by atoms with van der Waals surface area (Å²) in [5, 5.41) is 8.00. The molecule has 1 N–H and O–H groups in total. The predicted molar refractivity (Wildman–Crippen MR) is 81.1 cm³/mol. The van der Waals surface area contributed by atoms with Crippen molar-refractivity contribution in [3.63, 3.8) is 0 Å². The van der Waals surface area contributed by atoms with Crippen LogP contribution in [0.1, 0.15) is 18.6 Å². The van der Waals surface area contributed by atoms with Crippen LogP contribution in [0.15, 0.2) is 32.3 Å². The lowest BCUT2D eigenvalue weighted by atomic mass is 10.2. The Kier molecular flexibility index (Phi) is 4.02. The number of aryl methyl sites for hydroxylation is 1. The average molecular weight is 341 g/mol. The molecule has 3 rings (SSSR count). The van der Waals surface area contributed by atoms with Crippen LogP contribution in [0.4, 0.5) is 5.82 Å². The molecule has 1 fully saturated rings. The fraction of sp³-hybridized carbons (Fsp3) is 0.385. The highest BCUT2D eigenvalue weighted by Gasteiger charge is 2.40. The third-order valence-electron chi connectivity index (χ3n) is 3.44. The summed E-state index contributed by atoms with van der Waals surface area (Å²) in [5.74, 6) is 0.485. The number of hydrogen-bond acceptors (Lipinski definition) is 6. The number of aromatic nitrogens is 1. The molecule has 0 bridgehead atoms. The van der Waals surface area contributed by atoms with Gasteiger partial charge >= 0.3 is 0 Å². The van der Waals surface area contributed by atoms with Gasteiger partial charge in [-0.05, 0) is 31.2 Å². The molecule has 2 aromatic heterocycles. The minimum Gasteiger partial charge on any atom is -0.360 e. The molecular formula is C13H15N3O4S2. The third-order valence-corrected chi connectivity index (χ3v) is 6.72. The largest absolute Gasteiger partial charge is 0.360 e. The molecule has 9 heteroatoms. The van der Waals surface area contributed by atoms with Crippen molar-refractivity contribution in [1.82, 2.24) is 9.46 Å². The van der Waals surface area contributed by atoms with Crippen LogP contribution >= 0.6 is 11.3 Å². The van der Waals surface area contributed by atoms with Crippen LogP contribution in [-0.2, 0) is 14.8 Å². The zero-order valence-electron chi connectivity index (χ0n) is 11.9. The molecule has 0 radical (unpaired) electrons. The molecule has 7 nitrogen and oxygen atoms in total. The van der Waals surface area contributed by atoms with E-state index in [4.69, 9.17) is 4.52 Å². The molecule has 118 valence electrons. The summed E-state index contributed by atoms with van der Waals surface area (Å²) in [6.07, 6.45) is 1.15. The van der Waals surface area contributed by atoms with Gasteiger partial charge in [0.25, 0.3) is 10.0 Å². The summed E-state index contributed by atoms with van der Waals surface area (Å²) in [6.45, 7) is 2.06. The Labute approximate surface area is 132 Å². The standard InChI is InChI=1S/C13H15N3O4S2/c1-9-8-11(15-20-9)14-13(17)10-4-2-6-16(10)22(18,19)12-5-3-7-21-12/h3,5,7-8,10H,2,4,6H2,1H3,(H,14,15,17). The topological polar surface area (TPSA) is 92.5 Å². The van der Waals surface area contributed by atoms with Crippen LogP contribution in [-0.4, -0.2) is 36.4 Å². The van der Waals surface area contributed by atoms with Gasteiger partial charge in [0, 0.05) is 12.6 Å². The summed E-state index contributed by atoms with van der Waals surface area (Å²) >= 11 is 1.15. The molecule has 0 aromatic carbocycles. The number of sulfonamides is 1. The van der Waals surface area contributed by atoms with Gasteiger partial charge in [-0.15, -0.1) is 11.3 Å². The molecule has 1 aliphatic rings. The zero-order chi connectivity index (χ0) is 15.7. The van der Waals surface area contributed by atoms with Crippen LogP contribution < -0.4 is 5.32 Å². The average Bonchev–Trinajstić information content (AvgIpc) is 3.20. The number of thiophene rings is 1. The maximum Gasteiger partial charge on any atom is 0.253 e. The summed E-state index contributed by atoms with van der Waals surface area (Å²) in [4.78, 5) is 12.4. The van der Waals surface area contributed by atoms with Gasteiger partial charge in [0.05, 0.1) is 0 Å². The number of hydrogen-bond donors (Lipinski definition) is 1. The van der Waals surface area contributed by atoms with Crippen LogP contribution in [0.2, 0.25) is 0 Å². The smallest absolute Gasteiger partial charge is 0.253 e. The van der Waals surface area contributed by atoms with Crippen molar-refractivity contribution in [2.24, 2.45) is 0 Å². The molecule has 0 aliphatic carbocycles. The Morgan fingerprint density at radius 1 is 1.55 bits per heavy atom. The Bertz CT molecular complexity index is 767. The zero-order valence-corrected chi connectivity index (χ0v) is 13.5. The van der Waals surface area contributed by atoms with Gasteiger partial charge in [-0.3, -0.25) is 4.79 Å². The number of amides is 1. The van der Waals surface area contributed by atoms with Gasteiger partial charge in [-0.1, -0.05) is 11.2 Å². The lowest BCUT2D eigenvalue weighted by Gasteiger charge is -2.22. The summed E-state index contributed by atoms with van der Waals surface area (Å²) in [7, 11) is -3.63. The molecule has 1 unspecified atom stereocenters. The Hall–Kier alpha value is -1.71. The maximum atomic E-state index is 12.6. The molecule has 2 aromatic rings. The lowest BCUT2D eigenvalue weighted by molar-refractivity contribution is -0.119. The predicted octanol–water partition coefficient (Wildman–Crippen LogP) is 1.84. The highest BCUT2D eigenvalue weighted by molar-refractivity contribution is 7.91. The molecule has 1 atom stereocenters. The first-order valence-corrected chi connectivity index (χ1v) is 9.10. The Morgan fingerprint density at radius 2 is 2.36 bits per heavy atom. The van der Waals surface area contributed by atoms with E-state index in [1.165, 1.54) is 4.31 Å². The minimum absolute atomic E-state index is 0.254. The lowest BCUT2D eigenvalue weighted by Crippen LogP contribution is -2.42. The molecule has 22 heavy (non-hydrogen) atoms. The highest BCUT2D eigenvalue weighted by Crippen LogP contribution is 2.29. The van der Waals surface area contributed by atoms with E-state index in [1.807, 2.05) is 0 Å². The monoisotopic (exact) mass is 341 g/mol. The summed E-state index contributed by atoms with van der Waals surface area (Å²) < 4.78 is 31.6. The SMILES string of the molecule is Cc1cc(NC(=O)C2CCCN2S(=O)(=O)c2cccs2)no1. The quantitative estimate of drug-likeness (QED) is 0.916. The van der Waals surface area contributed by atoms with Crippen molar-refractivity contribution < 1.29 is 17.7 Å². The normalized spacial score (nSPS) is 19.4. The highest BCUT2D eigenvalue weighted by atomic mass is 32.2. The van der Waals surface area contributed by atoms with E-state index in [0.29, 0.717) is 31.0 Å². The van der Waals surface area contributed by atoms with Crippen molar-refractivity contribution >= 4 is 33.1 Å².